The van der Waals surface area contributed by atoms with Crippen LogP contribution in [0.5, 0.6) is 34.5 Å². The number of ether oxygens (including phenoxy) is 6. The van der Waals surface area contributed by atoms with Crippen molar-refractivity contribution in [2.45, 2.75) is 24.2 Å². The molecule has 0 aromatic heterocycles. The van der Waals surface area contributed by atoms with E-state index in [0.717, 1.165) is 71.7 Å². The van der Waals surface area contributed by atoms with Crippen molar-refractivity contribution in [1.29, 1.82) is 0 Å². The first-order valence-corrected chi connectivity index (χ1v) is 20.4. The third kappa shape index (κ3) is 6.60. The Bertz CT molecular complexity index is 2400. The molecule has 1 fully saturated rings. The van der Waals surface area contributed by atoms with E-state index in [1.54, 1.807) is 42.7 Å². The smallest absolute Gasteiger partial charge is 0.134 e. The first-order chi connectivity index (χ1) is 28.0. The molecule has 288 valence electrons. The van der Waals surface area contributed by atoms with E-state index in [-0.39, 0.29) is 29.9 Å². The molecule has 2 unspecified atom stereocenters. The summed E-state index contributed by atoms with van der Waals surface area (Å²) >= 11 is 0. The molecule has 0 radical (unpaired) electrons. The molecule has 1 aliphatic heterocycles. The highest BCUT2D eigenvalue weighted by Crippen LogP contribution is 2.71. The number of hydrogen-bond donors (Lipinski definition) is 0. The highest BCUT2D eigenvalue weighted by Gasteiger charge is 2.46. The summed E-state index contributed by atoms with van der Waals surface area (Å²) in [5.74, 6) is 4.28. The van der Waals surface area contributed by atoms with Gasteiger partial charge in [-0.15, -0.1) is 0 Å². The number of fused-ring (bicyclic) bond motifs is 2. The van der Waals surface area contributed by atoms with Gasteiger partial charge in [-0.25, -0.2) is 0 Å². The molecule has 7 aromatic rings. The molecule has 8 heteroatoms. The lowest BCUT2D eigenvalue weighted by atomic mass is 9.92. The number of Topliss-reactive ketones (excluding diaryl/α,β-unsaturated/α-hetero) is 1. The summed E-state index contributed by atoms with van der Waals surface area (Å²) in [5.41, 5.74) is 4.98. The average molecular weight is 777 g/mol. The van der Waals surface area contributed by atoms with E-state index in [1.165, 1.54) is 0 Å². The van der Waals surface area contributed by atoms with Gasteiger partial charge in [-0.3, -0.25) is 4.79 Å². The van der Waals surface area contributed by atoms with Gasteiger partial charge in [-0.2, -0.15) is 0 Å². The van der Waals surface area contributed by atoms with Crippen molar-refractivity contribution >= 4 is 40.6 Å². The van der Waals surface area contributed by atoms with Crippen LogP contribution in [0.4, 0.5) is 0 Å². The summed E-state index contributed by atoms with van der Waals surface area (Å²) in [7, 11) is 8.69. The highest BCUT2D eigenvalue weighted by molar-refractivity contribution is 7.67. The predicted molar refractivity (Wildman–Crippen MR) is 231 cm³/mol. The summed E-state index contributed by atoms with van der Waals surface area (Å²) in [6.45, 7) is 0. The summed E-state index contributed by atoms with van der Waals surface area (Å²) in [6, 6.07) is 43.3. The van der Waals surface area contributed by atoms with Crippen molar-refractivity contribution in [3.05, 3.63) is 139 Å². The van der Waals surface area contributed by atoms with Crippen molar-refractivity contribution in [2.75, 3.05) is 42.7 Å². The molecule has 0 spiro atoms. The molecule has 0 aliphatic carbocycles. The van der Waals surface area contributed by atoms with Crippen molar-refractivity contribution in [3.63, 3.8) is 0 Å². The zero-order chi connectivity index (χ0) is 39.6. The van der Waals surface area contributed by atoms with Gasteiger partial charge in [0.2, 0.25) is 0 Å². The Kier molecular flexibility index (Phi) is 10.8. The number of benzene rings is 7. The molecule has 57 heavy (non-hydrogen) atoms. The molecule has 0 amide bonds. The lowest BCUT2D eigenvalue weighted by Crippen LogP contribution is -2.27. The minimum absolute atomic E-state index is 0.134. The van der Waals surface area contributed by atoms with E-state index in [0.29, 0.717) is 23.0 Å². The average Bonchev–Trinajstić information content (AvgIpc) is 3.26. The minimum atomic E-state index is -1.45. The maximum absolute atomic E-state index is 14.5. The van der Waals surface area contributed by atoms with Crippen LogP contribution in [-0.2, 0) is 4.79 Å². The molecule has 0 bridgehead atoms. The van der Waals surface area contributed by atoms with Gasteiger partial charge in [0, 0.05) is 46.4 Å². The lowest BCUT2D eigenvalue weighted by molar-refractivity contribution is -0.119. The largest absolute Gasteiger partial charge is 0.496 e. The first kappa shape index (κ1) is 37.9. The van der Waals surface area contributed by atoms with Crippen molar-refractivity contribution in [1.82, 2.24) is 0 Å². The fourth-order valence-corrected chi connectivity index (χ4v) is 12.6. The molecule has 1 heterocycles. The van der Waals surface area contributed by atoms with Crippen LogP contribution in [0.25, 0.3) is 43.8 Å². The second kappa shape index (κ2) is 16.2. The molecular formula is C49H45O7P. The molecule has 7 aromatic carbocycles. The van der Waals surface area contributed by atoms with E-state index >= 15 is 0 Å². The third-order valence-corrected chi connectivity index (χ3v) is 14.4. The molecule has 7 nitrogen and oxygen atoms in total. The van der Waals surface area contributed by atoms with Crippen LogP contribution in [0.3, 0.4) is 0 Å². The van der Waals surface area contributed by atoms with Crippen molar-refractivity contribution in [3.8, 4) is 56.8 Å². The van der Waals surface area contributed by atoms with E-state index in [1.807, 2.05) is 48.5 Å². The molecule has 0 saturated carbocycles. The van der Waals surface area contributed by atoms with E-state index in [9.17, 15) is 4.79 Å². The third-order valence-electron chi connectivity index (χ3n) is 11.2. The Hall–Kier alpha value is -6.04. The van der Waals surface area contributed by atoms with E-state index in [4.69, 9.17) is 28.4 Å². The molecule has 2 atom stereocenters. The molecule has 1 saturated heterocycles. The van der Waals surface area contributed by atoms with Gasteiger partial charge in [0.05, 0.1) is 42.7 Å². The second-order valence-corrected chi connectivity index (χ2v) is 16.5. The number of hydrogen-bond acceptors (Lipinski definition) is 7. The fraction of sp³-hybridized carbons (Fsp3) is 0.204. The van der Waals surface area contributed by atoms with Gasteiger partial charge < -0.3 is 28.4 Å². The van der Waals surface area contributed by atoms with Crippen LogP contribution in [-0.4, -0.2) is 48.4 Å². The standard InChI is InChI=1S/C49H45O7P/c1-51-37-20-12-21-38(52-2)47(37)43-28-32(50)29-44(48-39(53-3)22-13-23-40(48)54-4)57(43)49-35(45-33-16-9-7-14-30(33)24-26-41(45)55-5)18-11-19-36(49)46-34-17-10-8-15-31(34)25-27-42(46)56-6/h7-27,43-44H,28-29H2,1-6H3. The Labute approximate surface area is 334 Å². The van der Waals surface area contributed by atoms with Crippen molar-refractivity contribution < 1.29 is 33.2 Å². The monoisotopic (exact) mass is 776 g/mol. The SMILES string of the molecule is COc1cccc(OC)c1C1CC(=O)CC(c2c(OC)cccc2OC)P1c1c(-c2c(OC)ccc3ccccc23)cccc1-c1c(OC)ccc2ccccc12. The number of rotatable bonds is 11. The Balaban J connectivity index is 1.60. The summed E-state index contributed by atoms with van der Waals surface area (Å²) in [4.78, 5) is 14.5. The van der Waals surface area contributed by atoms with Gasteiger partial charge >= 0.3 is 0 Å². The fourth-order valence-electron chi connectivity index (χ4n) is 8.76. The Morgan fingerprint density at radius 2 is 0.789 bits per heavy atom. The molecule has 0 N–H and O–H groups in total. The molecule has 1 aliphatic rings. The van der Waals surface area contributed by atoms with Crippen LogP contribution in [0.1, 0.15) is 35.3 Å². The lowest BCUT2D eigenvalue weighted by Gasteiger charge is -2.42. The minimum Gasteiger partial charge on any atom is -0.496 e. The van der Waals surface area contributed by atoms with Crippen LogP contribution >= 0.6 is 7.92 Å². The normalized spacial score (nSPS) is 16.7. The zero-order valence-corrected chi connectivity index (χ0v) is 33.9. The zero-order valence-electron chi connectivity index (χ0n) is 33.0. The van der Waals surface area contributed by atoms with Gasteiger partial charge in [0.1, 0.15) is 40.3 Å². The quantitative estimate of drug-likeness (QED) is 0.121. The highest BCUT2D eigenvalue weighted by atomic mass is 31.1. The van der Waals surface area contributed by atoms with Gasteiger partial charge in [0.15, 0.2) is 0 Å². The van der Waals surface area contributed by atoms with Gasteiger partial charge in [0.25, 0.3) is 0 Å². The van der Waals surface area contributed by atoms with Crippen molar-refractivity contribution in [2.24, 2.45) is 0 Å². The maximum atomic E-state index is 14.5. The van der Waals surface area contributed by atoms with Crippen LogP contribution in [0, 0.1) is 0 Å². The van der Waals surface area contributed by atoms with Gasteiger partial charge in [-0.05, 0) is 74.4 Å². The topological polar surface area (TPSA) is 72.5 Å². The second-order valence-electron chi connectivity index (χ2n) is 14.0. The Morgan fingerprint density at radius 1 is 0.421 bits per heavy atom. The number of ketones is 1. The van der Waals surface area contributed by atoms with Gasteiger partial charge in [-0.1, -0.05) is 98.9 Å². The van der Waals surface area contributed by atoms with Crippen LogP contribution in [0.15, 0.2) is 127 Å². The number of carbonyl (C=O) groups is 1. The number of methoxy groups -OCH3 is 6. The van der Waals surface area contributed by atoms with E-state index < -0.39 is 7.92 Å². The van der Waals surface area contributed by atoms with E-state index in [2.05, 4.69) is 78.9 Å². The number of carbonyl (C=O) groups excluding carboxylic acids is 1. The van der Waals surface area contributed by atoms with Crippen LogP contribution < -0.4 is 33.7 Å². The maximum Gasteiger partial charge on any atom is 0.134 e. The summed E-state index contributed by atoms with van der Waals surface area (Å²) in [5, 5.41) is 5.39. The summed E-state index contributed by atoms with van der Waals surface area (Å²) < 4.78 is 37.0. The predicted octanol–water partition coefficient (Wildman–Crippen LogP) is 11.3. The Morgan fingerprint density at radius 3 is 1.18 bits per heavy atom. The first-order valence-electron chi connectivity index (χ1n) is 18.9. The molecular weight excluding hydrogens is 732 g/mol. The molecule has 8 rings (SSSR count). The summed E-state index contributed by atoms with van der Waals surface area (Å²) in [6.07, 6.45) is 0.563. The van der Waals surface area contributed by atoms with Crippen LogP contribution in [0.2, 0.25) is 0 Å².